The first kappa shape index (κ1) is 22.2. The molecule has 1 nitrogen and oxygen atoms in total. The molecule has 0 radical (unpaired) electrons. The summed E-state index contributed by atoms with van der Waals surface area (Å²) in [5.74, 6) is 0.172. The molecule has 0 fully saturated rings. The highest BCUT2D eigenvalue weighted by Gasteiger charge is 2.25. The Morgan fingerprint density at radius 3 is 1.22 bits per heavy atom. The maximum Gasteiger partial charge on any atom is 0.125 e. The van der Waals surface area contributed by atoms with Gasteiger partial charge in [0, 0.05) is 16.0 Å². The summed E-state index contributed by atoms with van der Waals surface area (Å²) in [6.45, 7) is 0. The van der Waals surface area contributed by atoms with Gasteiger partial charge in [-0.2, -0.15) is 0 Å². The Labute approximate surface area is 215 Å². The van der Waals surface area contributed by atoms with Crippen molar-refractivity contribution in [1.82, 2.24) is 0 Å². The molecule has 0 saturated heterocycles. The Balaban J connectivity index is 1.94. The molecular formula is C34H23ClO. The average molecular weight is 483 g/mol. The predicted octanol–water partition coefficient (Wildman–Crippen LogP) is 9.87. The van der Waals surface area contributed by atoms with Gasteiger partial charge in [-0.25, -0.2) is 0 Å². The number of halogens is 1. The number of hydrogen-bond acceptors (Lipinski definition) is 1. The van der Waals surface area contributed by atoms with Gasteiger partial charge in [-0.05, 0) is 56.5 Å². The monoisotopic (exact) mass is 482 g/mol. The Bertz CT molecular complexity index is 1660. The smallest absolute Gasteiger partial charge is 0.125 e. The fourth-order valence-electron chi connectivity index (χ4n) is 5.15. The zero-order valence-electron chi connectivity index (χ0n) is 19.5. The molecule has 36 heavy (non-hydrogen) atoms. The molecule has 0 aliphatic heterocycles. The van der Waals surface area contributed by atoms with Crippen LogP contribution in [-0.2, 0) is 0 Å². The summed E-state index contributed by atoms with van der Waals surface area (Å²) in [4.78, 5) is 0. The van der Waals surface area contributed by atoms with Gasteiger partial charge in [0.2, 0.25) is 0 Å². The summed E-state index contributed by atoms with van der Waals surface area (Å²) in [5, 5.41) is 13.6. The largest absolute Gasteiger partial charge is 0.507 e. The average Bonchev–Trinajstić information content (AvgIpc) is 2.93. The number of phenolic OH excluding ortho intramolecular Hbond substituents is 1. The van der Waals surface area contributed by atoms with E-state index in [0.29, 0.717) is 5.02 Å². The summed E-state index contributed by atoms with van der Waals surface area (Å²) in [6, 6.07) is 45.2. The Morgan fingerprint density at radius 2 is 0.778 bits per heavy atom. The molecule has 0 bridgehead atoms. The fraction of sp³-hybridized carbons (Fsp3) is 0. The van der Waals surface area contributed by atoms with Gasteiger partial charge in [0.1, 0.15) is 5.75 Å². The zero-order chi connectivity index (χ0) is 24.5. The van der Waals surface area contributed by atoms with Crippen LogP contribution in [0.1, 0.15) is 0 Å². The van der Waals surface area contributed by atoms with Crippen LogP contribution in [0, 0.1) is 0 Å². The number of benzene rings is 6. The Hall–Kier alpha value is -4.33. The highest BCUT2D eigenvalue weighted by Crippen LogP contribution is 2.53. The highest BCUT2D eigenvalue weighted by atomic mass is 35.5. The molecule has 0 heterocycles. The van der Waals surface area contributed by atoms with Crippen molar-refractivity contribution in [2.24, 2.45) is 0 Å². The first-order valence-corrected chi connectivity index (χ1v) is 12.3. The lowest BCUT2D eigenvalue weighted by atomic mass is 9.79. The van der Waals surface area contributed by atoms with E-state index in [4.69, 9.17) is 11.6 Å². The molecule has 6 rings (SSSR count). The van der Waals surface area contributed by atoms with Crippen LogP contribution >= 0.6 is 11.6 Å². The second kappa shape index (κ2) is 9.37. The van der Waals surface area contributed by atoms with Gasteiger partial charge in [0.25, 0.3) is 0 Å². The number of aromatic hydroxyl groups is 1. The lowest BCUT2D eigenvalue weighted by Crippen LogP contribution is -1.97. The van der Waals surface area contributed by atoms with Crippen molar-refractivity contribution in [1.29, 1.82) is 0 Å². The molecule has 2 heteroatoms. The standard InChI is InChI=1S/C34H23ClO/c35-27-21-28-30(23-13-5-1-6-14-23)31(24-15-7-2-8-16-24)32(25-17-9-3-10-18-25)33(34(28)29(36)22-27)26-19-11-4-12-20-26/h1-22,36H. The number of fused-ring (bicyclic) bond motifs is 1. The third-order valence-corrected chi connectivity index (χ3v) is 6.82. The van der Waals surface area contributed by atoms with Gasteiger partial charge in [-0.1, -0.05) is 133 Å². The van der Waals surface area contributed by atoms with E-state index in [0.717, 1.165) is 55.3 Å². The summed E-state index contributed by atoms with van der Waals surface area (Å²) < 4.78 is 0. The van der Waals surface area contributed by atoms with Gasteiger partial charge >= 0.3 is 0 Å². The quantitative estimate of drug-likeness (QED) is 0.265. The normalized spacial score (nSPS) is 11.0. The van der Waals surface area contributed by atoms with Crippen molar-refractivity contribution < 1.29 is 5.11 Å². The van der Waals surface area contributed by atoms with E-state index in [2.05, 4.69) is 72.8 Å². The van der Waals surface area contributed by atoms with Crippen molar-refractivity contribution in [2.45, 2.75) is 0 Å². The van der Waals surface area contributed by atoms with Gasteiger partial charge in [-0.15, -0.1) is 0 Å². The van der Waals surface area contributed by atoms with Crippen LogP contribution in [0.2, 0.25) is 5.02 Å². The lowest BCUT2D eigenvalue weighted by molar-refractivity contribution is 0.482. The molecule has 0 aliphatic carbocycles. The van der Waals surface area contributed by atoms with Gasteiger partial charge < -0.3 is 5.11 Å². The van der Waals surface area contributed by atoms with Gasteiger partial charge in [0.15, 0.2) is 0 Å². The molecule has 0 unspecified atom stereocenters. The zero-order valence-corrected chi connectivity index (χ0v) is 20.3. The molecule has 6 aromatic carbocycles. The second-order valence-corrected chi connectivity index (χ2v) is 9.25. The maximum atomic E-state index is 11.4. The minimum Gasteiger partial charge on any atom is -0.507 e. The lowest BCUT2D eigenvalue weighted by Gasteiger charge is -2.24. The topological polar surface area (TPSA) is 20.2 Å². The molecule has 0 spiro atoms. The van der Waals surface area contributed by atoms with Crippen molar-refractivity contribution >= 4 is 22.4 Å². The van der Waals surface area contributed by atoms with E-state index in [-0.39, 0.29) is 5.75 Å². The fourth-order valence-corrected chi connectivity index (χ4v) is 5.36. The molecule has 0 amide bonds. The van der Waals surface area contributed by atoms with Crippen molar-refractivity contribution in [3.63, 3.8) is 0 Å². The third kappa shape index (κ3) is 3.84. The minimum atomic E-state index is 0.172. The van der Waals surface area contributed by atoms with Crippen molar-refractivity contribution in [3.8, 4) is 50.3 Å². The molecular weight excluding hydrogens is 460 g/mol. The number of rotatable bonds is 4. The van der Waals surface area contributed by atoms with Crippen LogP contribution in [0.3, 0.4) is 0 Å². The van der Waals surface area contributed by atoms with Crippen molar-refractivity contribution in [3.05, 3.63) is 138 Å². The minimum absolute atomic E-state index is 0.172. The van der Waals surface area contributed by atoms with E-state index < -0.39 is 0 Å². The molecule has 1 N–H and O–H groups in total. The van der Waals surface area contributed by atoms with E-state index in [9.17, 15) is 5.11 Å². The summed E-state index contributed by atoms with van der Waals surface area (Å²) >= 11 is 6.58. The number of hydrogen-bond donors (Lipinski definition) is 1. The van der Waals surface area contributed by atoms with Crippen LogP contribution in [0.4, 0.5) is 0 Å². The molecule has 0 aliphatic rings. The first-order chi connectivity index (χ1) is 17.7. The molecule has 0 saturated carbocycles. The van der Waals surface area contributed by atoms with Crippen molar-refractivity contribution in [2.75, 3.05) is 0 Å². The summed E-state index contributed by atoms with van der Waals surface area (Å²) in [5.41, 5.74) is 8.53. The van der Waals surface area contributed by atoms with Crippen LogP contribution < -0.4 is 0 Å². The molecule has 6 aromatic rings. The number of phenols is 1. The predicted molar refractivity (Wildman–Crippen MR) is 152 cm³/mol. The SMILES string of the molecule is Oc1cc(Cl)cc2c(-c3ccccc3)c(-c3ccccc3)c(-c3ccccc3)c(-c3ccccc3)c12. The van der Waals surface area contributed by atoms with Crippen LogP contribution in [0.5, 0.6) is 5.75 Å². The Kier molecular flexibility index (Phi) is 5.77. The van der Waals surface area contributed by atoms with Gasteiger partial charge in [0.05, 0.1) is 0 Å². The van der Waals surface area contributed by atoms with E-state index in [1.165, 1.54) is 0 Å². The molecule has 0 aromatic heterocycles. The van der Waals surface area contributed by atoms with Crippen LogP contribution in [-0.4, -0.2) is 5.11 Å². The van der Waals surface area contributed by atoms with E-state index in [1.807, 2.05) is 54.6 Å². The van der Waals surface area contributed by atoms with E-state index in [1.54, 1.807) is 6.07 Å². The molecule has 172 valence electrons. The summed E-state index contributed by atoms with van der Waals surface area (Å²) in [7, 11) is 0. The molecule has 0 atom stereocenters. The Morgan fingerprint density at radius 1 is 0.417 bits per heavy atom. The van der Waals surface area contributed by atoms with Gasteiger partial charge in [-0.3, -0.25) is 0 Å². The maximum absolute atomic E-state index is 11.4. The first-order valence-electron chi connectivity index (χ1n) is 12.0. The van der Waals surface area contributed by atoms with E-state index >= 15 is 0 Å². The van der Waals surface area contributed by atoms with Crippen LogP contribution in [0.25, 0.3) is 55.3 Å². The summed E-state index contributed by atoms with van der Waals surface area (Å²) in [6.07, 6.45) is 0. The third-order valence-electron chi connectivity index (χ3n) is 6.60. The second-order valence-electron chi connectivity index (χ2n) is 8.81. The van der Waals surface area contributed by atoms with Crippen LogP contribution in [0.15, 0.2) is 133 Å². The highest BCUT2D eigenvalue weighted by molar-refractivity contribution is 6.33.